The van der Waals surface area contributed by atoms with E-state index in [9.17, 15) is 9.59 Å². The number of rotatable bonds is 1. The molecule has 2 fully saturated rings. The van der Waals surface area contributed by atoms with Crippen molar-refractivity contribution in [3.63, 3.8) is 0 Å². The van der Waals surface area contributed by atoms with Gasteiger partial charge in [-0.1, -0.05) is 6.42 Å². The molecule has 1 aromatic heterocycles. The maximum Gasteiger partial charge on any atom is 0.307 e. The number of nitrogens with zero attached hydrogens (tertiary/aromatic N) is 2. The highest BCUT2D eigenvalue weighted by molar-refractivity contribution is 5.88. The minimum atomic E-state index is -0.527. The predicted molar refractivity (Wildman–Crippen MR) is 77.7 cm³/mol. The van der Waals surface area contributed by atoms with Crippen LogP contribution < -0.4 is 0 Å². The summed E-state index contributed by atoms with van der Waals surface area (Å²) in [7, 11) is 0. The average Bonchev–Trinajstić information content (AvgIpc) is 3.11. The largest absolute Gasteiger partial charge is 0.458 e. The van der Waals surface area contributed by atoms with Crippen molar-refractivity contribution in [2.45, 2.75) is 57.1 Å². The predicted octanol–water partition coefficient (Wildman–Crippen LogP) is 1.56. The normalized spacial score (nSPS) is 26.8. The Labute approximate surface area is 129 Å². The summed E-state index contributed by atoms with van der Waals surface area (Å²) >= 11 is 0. The molecule has 1 aliphatic carbocycles. The summed E-state index contributed by atoms with van der Waals surface area (Å²) in [6.07, 6.45) is 7.62. The van der Waals surface area contributed by atoms with E-state index in [1.54, 1.807) is 6.33 Å². The number of imidazole rings is 1. The van der Waals surface area contributed by atoms with Crippen molar-refractivity contribution in [3.8, 4) is 0 Å². The van der Waals surface area contributed by atoms with E-state index >= 15 is 0 Å². The van der Waals surface area contributed by atoms with Crippen molar-refractivity contribution >= 4 is 11.9 Å². The number of esters is 1. The van der Waals surface area contributed by atoms with Gasteiger partial charge in [-0.2, -0.15) is 0 Å². The van der Waals surface area contributed by atoms with Crippen LogP contribution in [0.3, 0.4) is 0 Å². The van der Waals surface area contributed by atoms with E-state index in [-0.39, 0.29) is 24.2 Å². The number of carbonyl (C=O) groups excluding carboxylic acids is 2. The Morgan fingerprint density at radius 1 is 1.36 bits per heavy atom. The summed E-state index contributed by atoms with van der Waals surface area (Å²) < 4.78 is 5.66. The second-order valence-electron chi connectivity index (χ2n) is 6.69. The molecule has 1 amide bonds. The van der Waals surface area contributed by atoms with Crippen LogP contribution in [0.2, 0.25) is 0 Å². The van der Waals surface area contributed by atoms with E-state index < -0.39 is 5.60 Å². The van der Waals surface area contributed by atoms with E-state index in [1.807, 2.05) is 4.90 Å². The lowest BCUT2D eigenvalue weighted by molar-refractivity contribution is -0.156. The highest BCUT2D eigenvalue weighted by Crippen LogP contribution is 2.45. The van der Waals surface area contributed by atoms with Gasteiger partial charge in [0.1, 0.15) is 5.60 Å². The Bertz CT molecular complexity index is 604. The van der Waals surface area contributed by atoms with Gasteiger partial charge in [-0.05, 0) is 25.7 Å². The molecule has 2 aliphatic heterocycles. The van der Waals surface area contributed by atoms with Crippen LogP contribution in [0.5, 0.6) is 0 Å². The fourth-order valence-electron chi connectivity index (χ4n) is 4.23. The third kappa shape index (κ3) is 2.12. The summed E-state index contributed by atoms with van der Waals surface area (Å²) in [5.74, 6) is -0.433. The van der Waals surface area contributed by atoms with Crippen LogP contribution in [-0.4, -0.2) is 38.9 Å². The highest BCUT2D eigenvalue weighted by atomic mass is 16.6. The standard InChI is InChI=1S/C16H21N3O3/c20-14-8-11(16(22-14)5-2-1-3-6-16)15(21)19-7-4-12-13(9-19)18-10-17-12/h10-11H,1-9H2,(H,17,18)/t11-/m0/s1. The molecular formula is C16H21N3O3. The number of hydrogen-bond acceptors (Lipinski definition) is 4. The van der Waals surface area contributed by atoms with Gasteiger partial charge in [0.15, 0.2) is 0 Å². The quantitative estimate of drug-likeness (QED) is 0.799. The van der Waals surface area contributed by atoms with E-state index in [0.29, 0.717) is 13.1 Å². The maximum absolute atomic E-state index is 13.0. The van der Waals surface area contributed by atoms with Crippen LogP contribution in [-0.2, 0) is 27.3 Å². The number of ether oxygens (including phenoxy) is 1. The Balaban J connectivity index is 1.55. The van der Waals surface area contributed by atoms with Gasteiger partial charge in [0.05, 0.1) is 36.6 Å². The molecule has 3 aliphatic rings. The SMILES string of the molecule is O=C1C[C@@H](C(=O)N2CCc3nc[nH]c3C2)C2(CCCCC2)O1. The van der Waals surface area contributed by atoms with E-state index in [4.69, 9.17) is 4.74 Å². The fourth-order valence-corrected chi connectivity index (χ4v) is 4.23. The van der Waals surface area contributed by atoms with Gasteiger partial charge in [0.2, 0.25) is 5.91 Å². The van der Waals surface area contributed by atoms with Gasteiger partial charge in [-0.3, -0.25) is 9.59 Å². The number of nitrogens with one attached hydrogen (secondary N) is 1. The first-order valence-corrected chi connectivity index (χ1v) is 8.20. The zero-order valence-corrected chi connectivity index (χ0v) is 12.6. The van der Waals surface area contributed by atoms with Crippen molar-refractivity contribution in [3.05, 3.63) is 17.7 Å². The molecule has 6 heteroatoms. The Morgan fingerprint density at radius 3 is 3.00 bits per heavy atom. The van der Waals surface area contributed by atoms with Gasteiger partial charge < -0.3 is 14.6 Å². The molecule has 1 saturated heterocycles. The number of amides is 1. The summed E-state index contributed by atoms with van der Waals surface area (Å²) in [5.41, 5.74) is 1.54. The van der Waals surface area contributed by atoms with Crippen molar-refractivity contribution < 1.29 is 14.3 Å². The zero-order chi connectivity index (χ0) is 15.2. The van der Waals surface area contributed by atoms with Gasteiger partial charge in [-0.15, -0.1) is 0 Å². The molecule has 0 unspecified atom stereocenters. The molecule has 0 bridgehead atoms. The van der Waals surface area contributed by atoms with Crippen molar-refractivity contribution in [1.82, 2.24) is 14.9 Å². The molecule has 1 spiro atoms. The molecule has 1 saturated carbocycles. The van der Waals surface area contributed by atoms with Crippen LogP contribution in [0.25, 0.3) is 0 Å². The van der Waals surface area contributed by atoms with Gasteiger partial charge in [0.25, 0.3) is 0 Å². The number of carbonyl (C=O) groups is 2. The molecular weight excluding hydrogens is 282 g/mol. The second-order valence-corrected chi connectivity index (χ2v) is 6.69. The van der Waals surface area contributed by atoms with Crippen LogP contribution in [0.4, 0.5) is 0 Å². The Hall–Kier alpha value is -1.85. The minimum Gasteiger partial charge on any atom is -0.458 e. The zero-order valence-electron chi connectivity index (χ0n) is 12.6. The first kappa shape index (κ1) is 13.8. The monoisotopic (exact) mass is 303 g/mol. The van der Waals surface area contributed by atoms with Gasteiger partial charge in [0, 0.05) is 13.0 Å². The third-order valence-electron chi connectivity index (χ3n) is 5.41. The molecule has 1 atom stereocenters. The third-order valence-corrected chi connectivity index (χ3v) is 5.41. The lowest BCUT2D eigenvalue weighted by Crippen LogP contribution is -2.48. The van der Waals surface area contributed by atoms with Crippen molar-refractivity contribution in [2.24, 2.45) is 5.92 Å². The van der Waals surface area contributed by atoms with Crippen molar-refractivity contribution in [1.29, 1.82) is 0 Å². The van der Waals surface area contributed by atoms with Crippen molar-refractivity contribution in [2.75, 3.05) is 6.54 Å². The van der Waals surface area contributed by atoms with Crippen LogP contribution >= 0.6 is 0 Å². The average molecular weight is 303 g/mol. The lowest BCUT2D eigenvalue weighted by Gasteiger charge is -2.38. The maximum atomic E-state index is 13.0. The number of aromatic nitrogens is 2. The molecule has 6 nitrogen and oxygen atoms in total. The molecule has 118 valence electrons. The van der Waals surface area contributed by atoms with Gasteiger partial charge in [-0.25, -0.2) is 4.98 Å². The smallest absolute Gasteiger partial charge is 0.307 e. The Morgan fingerprint density at radius 2 is 2.18 bits per heavy atom. The molecule has 22 heavy (non-hydrogen) atoms. The van der Waals surface area contributed by atoms with E-state index in [1.165, 1.54) is 6.42 Å². The molecule has 0 radical (unpaired) electrons. The van der Waals surface area contributed by atoms with Crippen LogP contribution in [0.1, 0.15) is 49.9 Å². The number of fused-ring (bicyclic) bond motifs is 1. The second kappa shape index (κ2) is 5.11. The summed E-state index contributed by atoms with van der Waals surface area (Å²) in [6, 6.07) is 0. The molecule has 3 heterocycles. The summed E-state index contributed by atoms with van der Waals surface area (Å²) in [6.45, 7) is 1.24. The number of H-pyrrole nitrogens is 1. The van der Waals surface area contributed by atoms with Gasteiger partial charge >= 0.3 is 5.97 Å². The molecule has 1 aromatic rings. The molecule has 0 aromatic carbocycles. The van der Waals surface area contributed by atoms with E-state index in [0.717, 1.165) is 43.5 Å². The number of aromatic amines is 1. The summed E-state index contributed by atoms with van der Waals surface area (Å²) in [4.78, 5) is 34.1. The minimum absolute atomic E-state index is 0.0769. The topological polar surface area (TPSA) is 75.3 Å². The van der Waals surface area contributed by atoms with Crippen LogP contribution in [0, 0.1) is 5.92 Å². The lowest BCUT2D eigenvalue weighted by atomic mass is 9.75. The molecule has 1 N–H and O–H groups in total. The number of hydrogen-bond donors (Lipinski definition) is 1. The Kier molecular flexibility index (Phi) is 3.20. The van der Waals surface area contributed by atoms with Crippen LogP contribution in [0.15, 0.2) is 6.33 Å². The highest BCUT2D eigenvalue weighted by Gasteiger charge is 2.53. The molecule has 4 rings (SSSR count). The van der Waals surface area contributed by atoms with E-state index in [2.05, 4.69) is 9.97 Å². The first-order chi connectivity index (χ1) is 10.7. The fraction of sp³-hybridized carbons (Fsp3) is 0.688. The summed E-state index contributed by atoms with van der Waals surface area (Å²) in [5, 5.41) is 0. The first-order valence-electron chi connectivity index (χ1n) is 8.20.